The fraction of sp³-hybridized carbons (Fsp3) is 0.692. The van der Waals surface area contributed by atoms with Crippen LogP contribution in [0.4, 0.5) is 11.6 Å². The monoisotopic (exact) mass is 252 g/mol. The maximum Gasteiger partial charge on any atom is 0.135 e. The smallest absolute Gasteiger partial charge is 0.135 e. The molecule has 0 atom stereocenters. The van der Waals surface area contributed by atoms with E-state index in [1.807, 2.05) is 13.1 Å². The first-order valence-corrected chi connectivity index (χ1v) is 6.58. The molecule has 0 radical (unpaired) electrons. The van der Waals surface area contributed by atoms with Gasteiger partial charge in [-0.2, -0.15) is 0 Å². The van der Waals surface area contributed by atoms with E-state index < -0.39 is 0 Å². The second-order valence-electron chi connectivity index (χ2n) is 4.61. The maximum atomic E-state index is 8.70. The SMILES string of the molecule is CNc1cc(NCCCCCO)nc(C(C)C)n1. The Balaban J connectivity index is 2.56. The van der Waals surface area contributed by atoms with Crippen LogP contribution in [0.3, 0.4) is 0 Å². The normalized spacial score (nSPS) is 10.7. The number of unbranched alkanes of at least 4 members (excludes halogenated alkanes) is 2. The number of nitrogens with zero attached hydrogens (tertiary/aromatic N) is 2. The summed E-state index contributed by atoms with van der Waals surface area (Å²) in [6, 6.07) is 1.91. The van der Waals surface area contributed by atoms with Gasteiger partial charge in [-0.15, -0.1) is 0 Å². The molecule has 18 heavy (non-hydrogen) atoms. The number of hydrogen-bond acceptors (Lipinski definition) is 5. The van der Waals surface area contributed by atoms with E-state index in [2.05, 4.69) is 34.4 Å². The summed E-state index contributed by atoms with van der Waals surface area (Å²) in [7, 11) is 1.86. The van der Waals surface area contributed by atoms with E-state index in [-0.39, 0.29) is 6.61 Å². The molecule has 0 aliphatic heterocycles. The van der Waals surface area contributed by atoms with Gasteiger partial charge in [0.25, 0.3) is 0 Å². The molecule has 102 valence electrons. The van der Waals surface area contributed by atoms with Crippen LogP contribution in [0.1, 0.15) is 44.9 Å². The van der Waals surface area contributed by atoms with Gasteiger partial charge in [0.2, 0.25) is 0 Å². The average molecular weight is 252 g/mol. The summed E-state index contributed by atoms with van der Waals surface area (Å²) in [5.41, 5.74) is 0. The first-order chi connectivity index (χ1) is 8.67. The van der Waals surface area contributed by atoms with Crippen LogP contribution in [0.5, 0.6) is 0 Å². The van der Waals surface area contributed by atoms with E-state index in [1.54, 1.807) is 0 Å². The minimum atomic E-state index is 0.273. The van der Waals surface area contributed by atoms with Crippen molar-refractivity contribution in [3.05, 3.63) is 11.9 Å². The van der Waals surface area contributed by atoms with Crippen molar-refractivity contribution < 1.29 is 5.11 Å². The third kappa shape index (κ3) is 4.87. The van der Waals surface area contributed by atoms with Crippen molar-refractivity contribution in [1.29, 1.82) is 0 Å². The Morgan fingerprint density at radius 1 is 1.17 bits per heavy atom. The fourth-order valence-corrected chi connectivity index (χ4v) is 1.57. The predicted octanol–water partition coefficient (Wildman–Crippen LogP) is 2.22. The Bertz CT molecular complexity index is 355. The summed E-state index contributed by atoms with van der Waals surface area (Å²) in [6.45, 7) is 5.31. The zero-order chi connectivity index (χ0) is 13.4. The molecule has 0 aromatic carbocycles. The van der Waals surface area contributed by atoms with Crippen LogP contribution in [-0.2, 0) is 0 Å². The molecule has 0 amide bonds. The number of aliphatic hydroxyl groups excluding tert-OH is 1. The lowest BCUT2D eigenvalue weighted by Gasteiger charge is -2.11. The lowest BCUT2D eigenvalue weighted by atomic mass is 10.2. The van der Waals surface area contributed by atoms with E-state index in [0.717, 1.165) is 43.3 Å². The van der Waals surface area contributed by atoms with Gasteiger partial charge in [-0.1, -0.05) is 13.8 Å². The van der Waals surface area contributed by atoms with Gasteiger partial charge in [-0.3, -0.25) is 0 Å². The molecule has 0 spiro atoms. The molecule has 0 aliphatic carbocycles. The molecule has 5 nitrogen and oxygen atoms in total. The molecule has 3 N–H and O–H groups in total. The Morgan fingerprint density at radius 3 is 2.50 bits per heavy atom. The van der Waals surface area contributed by atoms with E-state index in [1.165, 1.54) is 0 Å². The van der Waals surface area contributed by atoms with Gasteiger partial charge in [0.1, 0.15) is 17.5 Å². The Labute approximate surface area is 109 Å². The summed E-state index contributed by atoms with van der Waals surface area (Å²) in [5, 5.41) is 15.0. The van der Waals surface area contributed by atoms with Crippen LogP contribution in [0.2, 0.25) is 0 Å². The van der Waals surface area contributed by atoms with Gasteiger partial charge in [0.05, 0.1) is 0 Å². The van der Waals surface area contributed by atoms with Crippen LogP contribution in [0.15, 0.2) is 6.07 Å². The summed E-state index contributed by atoms with van der Waals surface area (Å²) in [6.07, 6.45) is 2.94. The summed E-state index contributed by atoms with van der Waals surface area (Å²) in [5.74, 6) is 2.86. The van der Waals surface area contributed by atoms with E-state index in [4.69, 9.17) is 5.11 Å². The second-order valence-corrected chi connectivity index (χ2v) is 4.61. The molecule has 1 aromatic rings. The Morgan fingerprint density at radius 2 is 1.89 bits per heavy atom. The molecule has 0 fully saturated rings. The number of aliphatic hydroxyl groups is 1. The van der Waals surface area contributed by atoms with Gasteiger partial charge in [-0.05, 0) is 19.3 Å². The standard InChI is InChI=1S/C13H24N4O/c1-10(2)13-16-11(14-3)9-12(17-13)15-7-5-4-6-8-18/h9-10,18H,4-8H2,1-3H3,(H2,14,15,16,17). The first-order valence-electron chi connectivity index (χ1n) is 6.58. The first kappa shape index (κ1) is 14.7. The minimum Gasteiger partial charge on any atom is -0.396 e. The number of aromatic nitrogens is 2. The van der Waals surface area contributed by atoms with Crippen molar-refractivity contribution >= 4 is 11.6 Å². The Hall–Kier alpha value is -1.36. The third-order valence-corrected chi connectivity index (χ3v) is 2.66. The zero-order valence-corrected chi connectivity index (χ0v) is 11.5. The van der Waals surface area contributed by atoms with Crippen LogP contribution in [0.25, 0.3) is 0 Å². The number of hydrogen-bond donors (Lipinski definition) is 3. The maximum absolute atomic E-state index is 8.70. The van der Waals surface area contributed by atoms with E-state index in [9.17, 15) is 0 Å². The van der Waals surface area contributed by atoms with Crippen LogP contribution >= 0.6 is 0 Å². The quantitative estimate of drug-likeness (QED) is 0.619. The highest BCUT2D eigenvalue weighted by Gasteiger charge is 2.06. The second kappa shape index (κ2) is 7.87. The highest BCUT2D eigenvalue weighted by atomic mass is 16.2. The highest BCUT2D eigenvalue weighted by Crippen LogP contribution is 2.16. The van der Waals surface area contributed by atoms with Crippen molar-refractivity contribution in [2.45, 2.75) is 39.0 Å². The van der Waals surface area contributed by atoms with Crippen LogP contribution in [-0.4, -0.2) is 35.3 Å². The zero-order valence-electron chi connectivity index (χ0n) is 11.5. The molecule has 0 bridgehead atoms. The van der Waals surface area contributed by atoms with Crippen LogP contribution < -0.4 is 10.6 Å². The van der Waals surface area contributed by atoms with Gasteiger partial charge in [0.15, 0.2) is 0 Å². The van der Waals surface area contributed by atoms with Gasteiger partial charge in [-0.25, -0.2) is 9.97 Å². The number of rotatable bonds is 8. The Kier molecular flexibility index (Phi) is 6.43. The predicted molar refractivity (Wildman–Crippen MR) is 75.1 cm³/mol. The van der Waals surface area contributed by atoms with Crippen LogP contribution in [0, 0.1) is 0 Å². The van der Waals surface area contributed by atoms with Crippen molar-refractivity contribution in [3.8, 4) is 0 Å². The minimum absolute atomic E-state index is 0.273. The van der Waals surface area contributed by atoms with Gasteiger partial charge < -0.3 is 15.7 Å². The third-order valence-electron chi connectivity index (χ3n) is 2.66. The van der Waals surface area contributed by atoms with E-state index in [0.29, 0.717) is 5.92 Å². The molecule has 0 saturated heterocycles. The van der Waals surface area contributed by atoms with E-state index >= 15 is 0 Å². The lowest BCUT2D eigenvalue weighted by molar-refractivity contribution is 0.283. The largest absolute Gasteiger partial charge is 0.396 e. The van der Waals surface area contributed by atoms with Crippen molar-refractivity contribution in [3.63, 3.8) is 0 Å². The molecule has 1 heterocycles. The molecule has 5 heteroatoms. The summed E-state index contributed by atoms with van der Waals surface area (Å²) >= 11 is 0. The molecule has 1 aromatic heterocycles. The fourth-order valence-electron chi connectivity index (χ4n) is 1.57. The van der Waals surface area contributed by atoms with Crippen molar-refractivity contribution in [2.24, 2.45) is 0 Å². The van der Waals surface area contributed by atoms with Gasteiger partial charge >= 0.3 is 0 Å². The molecular formula is C13H24N4O. The molecule has 0 aliphatic rings. The average Bonchev–Trinajstić information content (AvgIpc) is 2.38. The lowest BCUT2D eigenvalue weighted by Crippen LogP contribution is -2.08. The summed E-state index contributed by atoms with van der Waals surface area (Å²) < 4.78 is 0. The molecular weight excluding hydrogens is 228 g/mol. The van der Waals surface area contributed by atoms with Crippen molar-refractivity contribution in [2.75, 3.05) is 30.8 Å². The summed E-state index contributed by atoms with van der Waals surface area (Å²) in [4.78, 5) is 8.90. The molecule has 0 unspecified atom stereocenters. The van der Waals surface area contributed by atoms with Crippen molar-refractivity contribution in [1.82, 2.24) is 9.97 Å². The number of anilines is 2. The topological polar surface area (TPSA) is 70.1 Å². The molecule has 0 saturated carbocycles. The van der Waals surface area contributed by atoms with Gasteiger partial charge in [0, 0.05) is 32.2 Å². The number of nitrogens with one attached hydrogen (secondary N) is 2. The molecule has 1 rings (SSSR count). The highest BCUT2D eigenvalue weighted by molar-refractivity contribution is 5.47.